The van der Waals surface area contributed by atoms with E-state index in [0.29, 0.717) is 18.9 Å². The number of likely N-dealkylation sites (tertiary alicyclic amines) is 1. The summed E-state index contributed by atoms with van der Waals surface area (Å²) in [6, 6.07) is 22.5. The van der Waals surface area contributed by atoms with Crippen LogP contribution in [0.2, 0.25) is 0 Å². The van der Waals surface area contributed by atoms with Gasteiger partial charge in [-0.3, -0.25) is 4.79 Å². The summed E-state index contributed by atoms with van der Waals surface area (Å²) in [5.41, 5.74) is 4.97. The lowest BCUT2D eigenvalue weighted by Gasteiger charge is -2.33. The van der Waals surface area contributed by atoms with Crippen molar-refractivity contribution in [2.75, 3.05) is 19.6 Å². The standard InChI is InChI=1S/C29H34FN3O/c30-28-15-14-23(21-31-28)22-32-29(34)13-5-2-8-18-33-19-16-25(17-20-33)27-12-7-6-11-26(27)24-9-3-1-4-10-24/h1,3-4,6-7,9-12,14-15,21,25H,2,5,8,13,16-20,22H2,(H,32,34). The van der Waals surface area contributed by atoms with Gasteiger partial charge in [0.1, 0.15) is 0 Å². The Labute approximate surface area is 202 Å². The average Bonchev–Trinajstić information content (AvgIpc) is 2.89. The number of hydrogen-bond acceptors (Lipinski definition) is 3. The number of hydrogen-bond donors (Lipinski definition) is 1. The van der Waals surface area contributed by atoms with Gasteiger partial charge >= 0.3 is 0 Å². The van der Waals surface area contributed by atoms with Gasteiger partial charge in [-0.1, -0.05) is 67.1 Å². The van der Waals surface area contributed by atoms with Gasteiger partial charge in [0.15, 0.2) is 0 Å². The van der Waals surface area contributed by atoms with E-state index in [-0.39, 0.29) is 5.91 Å². The Morgan fingerprint density at radius 3 is 2.47 bits per heavy atom. The molecule has 0 radical (unpaired) electrons. The highest BCUT2D eigenvalue weighted by atomic mass is 19.1. The van der Waals surface area contributed by atoms with Gasteiger partial charge in [0.25, 0.3) is 0 Å². The van der Waals surface area contributed by atoms with E-state index in [1.165, 1.54) is 41.8 Å². The van der Waals surface area contributed by atoms with Crippen molar-refractivity contribution in [1.29, 1.82) is 0 Å². The molecule has 5 heteroatoms. The summed E-state index contributed by atoms with van der Waals surface area (Å²) in [7, 11) is 0. The number of piperidine rings is 1. The van der Waals surface area contributed by atoms with Gasteiger partial charge in [-0.25, -0.2) is 4.98 Å². The van der Waals surface area contributed by atoms with Crippen LogP contribution in [0.15, 0.2) is 72.9 Å². The highest BCUT2D eigenvalue weighted by molar-refractivity contribution is 5.75. The zero-order chi connectivity index (χ0) is 23.6. The summed E-state index contributed by atoms with van der Waals surface area (Å²) >= 11 is 0. The smallest absolute Gasteiger partial charge is 0.220 e. The number of nitrogens with zero attached hydrogens (tertiary/aromatic N) is 2. The molecular formula is C29H34FN3O. The molecule has 4 rings (SSSR count). The normalized spacial score (nSPS) is 14.7. The van der Waals surface area contributed by atoms with E-state index >= 15 is 0 Å². The first-order valence-corrected chi connectivity index (χ1v) is 12.4. The maximum absolute atomic E-state index is 12.8. The van der Waals surface area contributed by atoms with Gasteiger partial charge in [-0.05, 0) is 79.6 Å². The third-order valence-corrected chi connectivity index (χ3v) is 6.73. The summed E-state index contributed by atoms with van der Waals surface area (Å²) in [4.78, 5) is 18.2. The van der Waals surface area contributed by atoms with Crippen LogP contribution in [0.5, 0.6) is 0 Å². The summed E-state index contributed by atoms with van der Waals surface area (Å²) in [6.07, 6.45) is 7.47. The molecule has 178 valence electrons. The molecule has 1 aliphatic heterocycles. The zero-order valence-corrected chi connectivity index (χ0v) is 19.8. The fourth-order valence-corrected chi connectivity index (χ4v) is 4.80. The molecule has 4 nitrogen and oxygen atoms in total. The van der Waals surface area contributed by atoms with Gasteiger partial charge in [0.2, 0.25) is 11.9 Å². The molecule has 0 spiro atoms. The third kappa shape index (κ3) is 6.97. The maximum atomic E-state index is 12.8. The molecule has 1 amide bonds. The predicted octanol–water partition coefficient (Wildman–Crippen LogP) is 5.94. The van der Waals surface area contributed by atoms with Crippen molar-refractivity contribution >= 4 is 5.91 Å². The van der Waals surface area contributed by atoms with Crippen LogP contribution in [0, 0.1) is 5.95 Å². The van der Waals surface area contributed by atoms with Crippen molar-refractivity contribution in [3.8, 4) is 11.1 Å². The van der Waals surface area contributed by atoms with Crippen LogP contribution in [0.1, 0.15) is 55.6 Å². The van der Waals surface area contributed by atoms with Crippen molar-refractivity contribution in [1.82, 2.24) is 15.2 Å². The molecule has 1 N–H and O–H groups in total. The fraction of sp³-hybridized carbons (Fsp3) is 0.379. The van der Waals surface area contributed by atoms with E-state index in [1.54, 1.807) is 6.07 Å². The van der Waals surface area contributed by atoms with Gasteiger partial charge in [0, 0.05) is 19.2 Å². The molecule has 34 heavy (non-hydrogen) atoms. The minimum Gasteiger partial charge on any atom is -0.352 e. The van der Waals surface area contributed by atoms with E-state index in [9.17, 15) is 9.18 Å². The van der Waals surface area contributed by atoms with Crippen molar-refractivity contribution in [3.05, 3.63) is 90.0 Å². The van der Waals surface area contributed by atoms with E-state index in [1.807, 2.05) is 0 Å². The molecule has 0 aliphatic carbocycles. The SMILES string of the molecule is O=C(CCCCCN1CCC(c2ccccc2-c2ccccc2)CC1)NCc1ccc(F)nc1. The molecule has 2 heterocycles. The Morgan fingerprint density at radius 2 is 1.71 bits per heavy atom. The molecule has 0 unspecified atom stereocenters. The third-order valence-electron chi connectivity index (χ3n) is 6.73. The minimum atomic E-state index is -0.503. The number of pyridine rings is 1. The van der Waals surface area contributed by atoms with Crippen LogP contribution in [-0.4, -0.2) is 35.4 Å². The first-order valence-electron chi connectivity index (χ1n) is 12.4. The van der Waals surface area contributed by atoms with Crippen LogP contribution in [-0.2, 0) is 11.3 Å². The second kappa shape index (κ2) is 12.4. The maximum Gasteiger partial charge on any atom is 0.220 e. The number of aromatic nitrogens is 1. The highest BCUT2D eigenvalue weighted by Gasteiger charge is 2.22. The van der Waals surface area contributed by atoms with Crippen molar-refractivity contribution in [2.45, 2.75) is 51.0 Å². The molecule has 2 aromatic carbocycles. The van der Waals surface area contributed by atoms with Crippen LogP contribution < -0.4 is 5.32 Å². The van der Waals surface area contributed by atoms with Crippen LogP contribution in [0.3, 0.4) is 0 Å². The monoisotopic (exact) mass is 459 g/mol. The van der Waals surface area contributed by atoms with Gasteiger partial charge in [-0.15, -0.1) is 0 Å². The Kier molecular flexibility index (Phi) is 8.80. The van der Waals surface area contributed by atoms with E-state index in [4.69, 9.17) is 0 Å². The lowest BCUT2D eigenvalue weighted by Crippen LogP contribution is -2.33. The minimum absolute atomic E-state index is 0.0437. The zero-order valence-electron chi connectivity index (χ0n) is 19.8. The molecule has 1 saturated heterocycles. The molecule has 3 aromatic rings. The summed E-state index contributed by atoms with van der Waals surface area (Å²) in [5.74, 6) is 0.159. The second-order valence-electron chi connectivity index (χ2n) is 9.15. The van der Waals surface area contributed by atoms with E-state index in [2.05, 4.69) is 69.8 Å². The van der Waals surface area contributed by atoms with Crippen molar-refractivity contribution < 1.29 is 9.18 Å². The lowest BCUT2D eigenvalue weighted by molar-refractivity contribution is -0.121. The van der Waals surface area contributed by atoms with Gasteiger partial charge < -0.3 is 10.2 Å². The average molecular weight is 460 g/mol. The topological polar surface area (TPSA) is 45.2 Å². The Balaban J connectivity index is 1.13. The number of carbonyl (C=O) groups is 1. The number of nitrogens with one attached hydrogen (secondary N) is 1. The quantitative estimate of drug-likeness (QED) is 0.301. The van der Waals surface area contributed by atoms with Gasteiger partial charge in [0.05, 0.1) is 0 Å². The molecule has 0 bridgehead atoms. The Hall–Kier alpha value is -3.05. The molecule has 1 fully saturated rings. The predicted molar refractivity (Wildman–Crippen MR) is 135 cm³/mol. The Morgan fingerprint density at radius 1 is 0.941 bits per heavy atom. The van der Waals surface area contributed by atoms with E-state index < -0.39 is 5.95 Å². The number of benzene rings is 2. The number of carbonyl (C=O) groups excluding carboxylic acids is 1. The summed E-state index contributed by atoms with van der Waals surface area (Å²) in [6.45, 7) is 3.78. The fourth-order valence-electron chi connectivity index (χ4n) is 4.80. The summed E-state index contributed by atoms with van der Waals surface area (Å²) in [5, 5.41) is 2.88. The number of halogens is 1. The molecule has 1 aliphatic rings. The molecular weight excluding hydrogens is 425 g/mol. The van der Waals surface area contributed by atoms with Crippen LogP contribution >= 0.6 is 0 Å². The lowest BCUT2D eigenvalue weighted by atomic mass is 9.84. The molecule has 0 atom stereocenters. The molecule has 1 aromatic heterocycles. The number of unbranched alkanes of at least 4 members (excludes halogenated alkanes) is 2. The van der Waals surface area contributed by atoms with Crippen LogP contribution in [0.25, 0.3) is 11.1 Å². The van der Waals surface area contributed by atoms with Gasteiger partial charge in [-0.2, -0.15) is 4.39 Å². The largest absolute Gasteiger partial charge is 0.352 e. The van der Waals surface area contributed by atoms with Crippen molar-refractivity contribution in [3.63, 3.8) is 0 Å². The van der Waals surface area contributed by atoms with E-state index in [0.717, 1.165) is 44.5 Å². The number of rotatable bonds is 10. The first-order chi connectivity index (χ1) is 16.7. The number of amides is 1. The highest BCUT2D eigenvalue weighted by Crippen LogP contribution is 2.35. The summed E-state index contributed by atoms with van der Waals surface area (Å²) < 4.78 is 12.8. The second-order valence-corrected chi connectivity index (χ2v) is 9.15. The van der Waals surface area contributed by atoms with Crippen LogP contribution in [0.4, 0.5) is 4.39 Å². The van der Waals surface area contributed by atoms with Crippen molar-refractivity contribution in [2.24, 2.45) is 0 Å². The first kappa shape index (κ1) is 24.1. The molecule has 0 saturated carbocycles. The Bertz CT molecular complexity index is 1030.